The Morgan fingerprint density at radius 1 is 1.12 bits per heavy atom. The Labute approximate surface area is 142 Å². The van der Waals surface area contributed by atoms with E-state index in [-0.39, 0.29) is 25.4 Å². The molecule has 0 bridgehead atoms. The molecule has 0 radical (unpaired) electrons. The molecule has 1 aromatic carbocycles. The third-order valence-electron chi connectivity index (χ3n) is 3.26. The molecule has 0 N–H and O–H groups in total. The molecule has 0 atom stereocenters. The highest BCUT2D eigenvalue weighted by atomic mass is 32.2. The van der Waals surface area contributed by atoms with Gasteiger partial charge in [0.25, 0.3) is 0 Å². The molecule has 0 saturated carbocycles. The minimum Gasteiger partial charge on any atom is -0.465 e. The van der Waals surface area contributed by atoms with Crippen LogP contribution in [0.5, 0.6) is 0 Å². The molecule has 128 valence electrons. The summed E-state index contributed by atoms with van der Waals surface area (Å²) >= 11 is 0. The van der Waals surface area contributed by atoms with Crippen molar-refractivity contribution in [1.29, 1.82) is 0 Å². The lowest BCUT2D eigenvalue weighted by atomic mass is 10.2. The summed E-state index contributed by atoms with van der Waals surface area (Å²) in [6.45, 7) is 1.57. The van der Waals surface area contributed by atoms with Crippen LogP contribution in [-0.2, 0) is 31.9 Å². The third-order valence-corrected chi connectivity index (χ3v) is 5.00. The Bertz CT molecular complexity index is 749. The van der Waals surface area contributed by atoms with Gasteiger partial charge in [-0.3, -0.25) is 9.78 Å². The van der Waals surface area contributed by atoms with Crippen LogP contribution >= 0.6 is 0 Å². The maximum absolute atomic E-state index is 12.7. The minimum atomic E-state index is -3.69. The largest absolute Gasteiger partial charge is 0.465 e. The molecule has 24 heavy (non-hydrogen) atoms. The molecule has 7 heteroatoms. The average Bonchev–Trinajstić information content (AvgIpc) is 2.56. The first-order chi connectivity index (χ1) is 11.5. The van der Waals surface area contributed by atoms with Crippen molar-refractivity contribution in [3.05, 3.63) is 66.0 Å². The maximum atomic E-state index is 12.7. The van der Waals surface area contributed by atoms with Crippen molar-refractivity contribution < 1.29 is 17.9 Å². The van der Waals surface area contributed by atoms with E-state index >= 15 is 0 Å². The van der Waals surface area contributed by atoms with E-state index in [1.54, 1.807) is 55.6 Å². The van der Waals surface area contributed by atoms with Gasteiger partial charge in [0, 0.05) is 6.20 Å². The summed E-state index contributed by atoms with van der Waals surface area (Å²) in [5.41, 5.74) is 1.23. The summed E-state index contributed by atoms with van der Waals surface area (Å²) in [5, 5.41) is 0. The van der Waals surface area contributed by atoms with Gasteiger partial charge in [-0.2, -0.15) is 4.31 Å². The van der Waals surface area contributed by atoms with Crippen molar-refractivity contribution in [3.8, 4) is 0 Å². The molecule has 0 unspecified atom stereocenters. The van der Waals surface area contributed by atoms with Gasteiger partial charge in [-0.25, -0.2) is 8.42 Å². The topological polar surface area (TPSA) is 76.6 Å². The van der Waals surface area contributed by atoms with Gasteiger partial charge in [0.15, 0.2) is 0 Å². The van der Waals surface area contributed by atoms with Gasteiger partial charge in [-0.15, -0.1) is 0 Å². The van der Waals surface area contributed by atoms with E-state index in [0.717, 1.165) is 4.31 Å². The second-order valence-corrected chi connectivity index (χ2v) is 7.10. The zero-order valence-corrected chi connectivity index (χ0v) is 14.3. The van der Waals surface area contributed by atoms with E-state index in [0.29, 0.717) is 11.3 Å². The molecule has 0 aliphatic carbocycles. The Morgan fingerprint density at radius 2 is 1.83 bits per heavy atom. The fraction of sp³-hybridized carbons (Fsp3) is 0.294. The second kappa shape index (κ2) is 8.56. The molecule has 0 aliphatic rings. The smallest absolute Gasteiger partial charge is 0.321 e. The number of esters is 1. The lowest BCUT2D eigenvalue weighted by Gasteiger charge is -2.21. The average molecular weight is 348 g/mol. The van der Waals surface area contributed by atoms with Gasteiger partial charge in [-0.1, -0.05) is 36.4 Å². The molecular weight excluding hydrogens is 328 g/mol. The van der Waals surface area contributed by atoms with Crippen molar-refractivity contribution in [2.75, 3.05) is 13.2 Å². The Hall–Kier alpha value is -2.25. The Morgan fingerprint density at radius 3 is 2.46 bits per heavy atom. The molecule has 0 aliphatic heterocycles. The number of aromatic nitrogens is 1. The summed E-state index contributed by atoms with van der Waals surface area (Å²) in [6, 6.07) is 14.1. The van der Waals surface area contributed by atoms with E-state index in [9.17, 15) is 13.2 Å². The number of pyridine rings is 1. The van der Waals surface area contributed by atoms with E-state index in [2.05, 4.69) is 4.98 Å². The number of benzene rings is 1. The first-order valence-electron chi connectivity index (χ1n) is 7.58. The van der Waals surface area contributed by atoms with Crippen molar-refractivity contribution in [3.63, 3.8) is 0 Å². The fourth-order valence-corrected chi connectivity index (χ4v) is 3.58. The summed E-state index contributed by atoms with van der Waals surface area (Å²) in [7, 11) is -3.69. The van der Waals surface area contributed by atoms with Crippen LogP contribution in [0.2, 0.25) is 0 Å². The minimum absolute atomic E-state index is 0.0226. The highest BCUT2D eigenvalue weighted by Crippen LogP contribution is 2.14. The lowest BCUT2D eigenvalue weighted by molar-refractivity contribution is -0.143. The van der Waals surface area contributed by atoms with E-state index in [1.807, 2.05) is 6.07 Å². The van der Waals surface area contributed by atoms with Crippen LogP contribution in [0.4, 0.5) is 0 Å². The van der Waals surface area contributed by atoms with Crippen LogP contribution in [0.1, 0.15) is 18.2 Å². The fourth-order valence-electron chi connectivity index (χ4n) is 2.15. The van der Waals surface area contributed by atoms with Gasteiger partial charge in [-0.05, 0) is 24.6 Å². The number of carbonyl (C=O) groups is 1. The zero-order chi connectivity index (χ0) is 17.4. The van der Waals surface area contributed by atoms with Crippen molar-refractivity contribution in [1.82, 2.24) is 9.29 Å². The highest BCUT2D eigenvalue weighted by molar-refractivity contribution is 7.88. The predicted molar refractivity (Wildman–Crippen MR) is 90.3 cm³/mol. The molecule has 2 aromatic rings. The summed E-state index contributed by atoms with van der Waals surface area (Å²) in [5.74, 6) is -0.759. The first kappa shape index (κ1) is 18.1. The van der Waals surface area contributed by atoms with Crippen molar-refractivity contribution in [2.45, 2.75) is 19.2 Å². The molecule has 0 spiro atoms. The number of carbonyl (C=O) groups excluding carboxylic acids is 1. The van der Waals surface area contributed by atoms with E-state index < -0.39 is 16.0 Å². The number of nitrogens with zero attached hydrogens (tertiary/aromatic N) is 2. The first-order valence-corrected chi connectivity index (χ1v) is 9.19. The Kier molecular flexibility index (Phi) is 6.45. The summed E-state index contributed by atoms with van der Waals surface area (Å²) in [6.07, 6.45) is 1.59. The maximum Gasteiger partial charge on any atom is 0.321 e. The van der Waals surface area contributed by atoms with Gasteiger partial charge < -0.3 is 4.74 Å². The van der Waals surface area contributed by atoms with Gasteiger partial charge in [0.1, 0.15) is 6.54 Å². The van der Waals surface area contributed by atoms with Crippen LogP contribution in [-0.4, -0.2) is 36.8 Å². The standard InChI is InChI=1S/C17H20N2O4S/c1-2-23-17(20)13-19(12-16-10-6-7-11-18-16)24(21,22)14-15-8-4-3-5-9-15/h3-11H,2,12-14H2,1H3. The third kappa shape index (κ3) is 5.43. The number of sulfonamides is 1. The normalized spacial score (nSPS) is 11.4. The van der Waals surface area contributed by atoms with Gasteiger partial charge in [0.2, 0.25) is 10.0 Å². The van der Waals surface area contributed by atoms with Crippen LogP contribution in [0.3, 0.4) is 0 Å². The van der Waals surface area contributed by atoms with Crippen LogP contribution in [0.15, 0.2) is 54.7 Å². The van der Waals surface area contributed by atoms with Crippen molar-refractivity contribution in [2.24, 2.45) is 0 Å². The molecule has 0 fully saturated rings. The SMILES string of the molecule is CCOC(=O)CN(Cc1ccccn1)S(=O)(=O)Cc1ccccc1. The molecule has 0 amide bonds. The number of ether oxygens (including phenoxy) is 1. The molecular formula is C17H20N2O4S. The van der Waals surface area contributed by atoms with Crippen molar-refractivity contribution >= 4 is 16.0 Å². The Balaban J connectivity index is 2.21. The number of hydrogen-bond donors (Lipinski definition) is 0. The van der Waals surface area contributed by atoms with E-state index in [1.165, 1.54) is 0 Å². The molecule has 0 saturated heterocycles. The van der Waals surface area contributed by atoms with Gasteiger partial charge >= 0.3 is 5.97 Å². The van der Waals surface area contributed by atoms with Crippen LogP contribution in [0, 0.1) is 0 Å². The van der Waals surface area contributed by atoms with Crippen LogP contribution < -0.4 is 0 Å². The molecule has 6 nitrogen and oxygen atoms in total. The quantitative estimate of drug-likeness (QED) is 0.682. The predicted octanol–water partition coefficient (Wildman–Crippen LogP) is 1.98. The summed E-state index contributed by atoms with van der Waals surface area (Å²) < 4.78 is 31.5. The summed E-state index contributed by atoms with van der Waals surface area (Å²) in [4.78, 5) is 15.9. The molecule has 1 heterocycles. The van der Waals surface area contributed by atoms with Gasteiger partial charge in [0.05, 0.1) is 24.6 Å². The second-order valence-electron chi connectivity index (χ2n) is 5.14. The number of hydrogen-bond acceptors (Lipinski definition) is 5. The van der Waals surface area contributed by atoms with E-state index in [4.69, 9.17) is 4.74 Å². The zero-order valence-electron chi connectivity index (χ0n) is 13.5. The number of rotatable bonds is 8. The lowest BCUT2D eigenvalue weighted by Crippen LogP contribution is -2.37. The monoisotopic (exact) mass is 348 g/mol. The molecule has 2 rings (SSSR count). The van der Waals surface area contributed by atoms with Crippen LogP contribution in [0.25, 0.3) is 0 Å². The highest BCUT2D eigenvalue weighted by Gasteiger charge is 2.26. The molecule has 1 aromatic heterocycles.